The van der Waals surface area contributed by atoms with Gasteiger partial charge in [0.25, 0.3) is 0 Å². The van der Waals surface area contributed by atoms with E-state index in [0.29, 0.717) is 13.0 Å². The molecule has 0 aliphatic rings. The van der Waals surface area contributed by atoms with Crippen molar-refractivity contribution in [2.45, 2.75) is 19.5 Å². The monoisotopic (exact) mass is 300 g/mol. The molecule has 0 saturated heterocycles. The lowest BCUT2D eigenvalue weighted by Gasteiger charge is -2.11. The molecule has 2 heterocycles. The van der Waals surface area contributed by atoms with E-state index in [9.17, 15) is 17.6 Å². The molecule has 0 saturated carbocycles. The Morgan fingerprint density at radius 2 is 2.00 bits per heavy atom. The fourth-order valence-corrected chi connectivity index (χ4v) is 1.63. The highest BCUT2D eigenvalue weighted by Crippen LogP contribution is 2.31. The van der Waals surface area contributed by atoms with Crippen LogP contribution < -0.4 is 5.32 Å². The number of pyridine rings is 1. The van der Waals surface area contributed by atoms with Crippen molar-refractivity contribution in [3.05, 3.63) is 36.0 Å². The van der Waals surface area contributed by atoms with Crippen molar-refractivity contribution in [1.82, 2.24) is 15.0 Å². The van der Waals surface area contributed by atoms with Crippen molar-refractivity contribution < 1.29 is 17.6 Å². The van der Waals surface area contributed by atoms with Gasteiger partial charge < -0.3 is 5.32 Å². The summed E-state index contributed by atoms with van der Waals surface area (Å²) in [6.07, 6.45) is -1.74. The molecule has 0 aliphatic carbocycles. The average molecular weight is 300 g/mol. The first kappa shape index (κ1) is 15.1. The summed E-state index contributed by atoms with van der Waals surface area (Å²) in [5.41, 5.74) is -1.32. The van der Waals surface area contributed by atoms with Crippen LogP contribution in [0.15, 0.2) is 24.5 Å². The number of nitrogens with zero attached hydrogens (tertiary/aromatic N) is 3. The van der Waals surface area contributed by atoms with Crippen LogP contribution in [-0.4, -0.2) is 21.5 Å². The molecule has 0 spiro atoms. The van der Waals surface area contributed by atoms with Gasteiger partial charge >= 0.3 is 6.18 Å². The van der Waals surface area contributed by atoms with E-state index in [0.717, 1.165) is 12.3 Å². The van der Waals surface area contributed by atoms with Crippen LogP contribution in [0.25, 0.3) is 11.3 Å². The van der Waals surface area contributed by atoms with E-state index < -0.39 is 17.7 Å². The van der Waals surface area contributed by atoms with Gasteiger partial charge in [0.1, 0.15) is 0 Å². The summed E-state index contributed by atoms with van der Waals surface area (Å²) in [4.78, 5) is 10.9. The molecule has 0 amide bonds. The van der Waals surface area contributed by atoms with E-state index in [2.05, 4.69) is 20.3 Å². The van der Waals surface area contributed by atoms with E-state index in [4.69, 9.17) is 0 Å². The third-order valence-electron chi connectivity index (χ3n) is 2.60. The van der Waals surface area contributed by atoms with Crippen LogP contribution in [0.5, 0.6) is 0 Å². The van der Waals surface area contributed by atoms with Crippen LogP contribution in [-0.2, 0) is 6.18 Å². The first-order valence-corrected chi connectivity index (χ1v) is 6.22. The lowest BCUT2D eigenvalue weighted by Crippen LogP contribution is -2.13. The Morgan fingerprint density at radius 3 is 2.62 bits per heavy atom. The highest BCUT2D eigenvalue weighted by atomic mass is 19.4. The average Bonchev–Trinajstić information content (AvgIpc) is 2.44. The maximum Gasteiger partial charge on any atom is 0.433 e. The minimum Gasteiger partial charge on any atom is -0.354 e. The van der Waals surface area contributed by atoms with Gasteiger partial charge in [-0.05, 0) is 18.6 Å². The van der Waals surface area contributed by atoms with Gasteiger partial charge in [0.2, 0.25) is 5.95 Å². The van der Waals surface area contributed by atoms with Crippen molar-refractivity contribution in [3.63, 3.8) is 0 Å². The molecule has 0 unspecified atom stereocenters. The normalized spacial score (nSPS) is 11.5. The molecule has 2 aromatic rings. The summed E-state index contributed by atoms with van der Waals surface area (Å²) in [5, 5.41) is 2.68. The third-order valence-corrected chi connectivity index (χ3v) is 2.60. The molecule has 8 heteroatoms. The van der Waals surface area contributed by atoms with Gasteiger partial charge in [-0.25, -0.2) is 14.4 Å². The summed E-state index contributed by atoms with van der Waals surface area (Å²) >= 11 is 0. The molecular formula is C13H12F4N4. The molecule has 112 valence electrons. The number of hydrogen-bond acceptors (Lipinski definition) is 4. The highest BCUT2D eigenvalue weighted by Gasteiger charge is 2.34. The Hall–Kier alpha value is -2.25. The van der Waals surface area contributed by atoms with Gasteiger partial charge in [-0.15, -0.1) is 0 Å². The molecular weight excluding hydrogens is 288 g/mol. The molecule has 0 fully saturated rings. The second-order valence-corrected chi connectivity index (χ2v) is 4.24. The second kappa shape index (κ2) is 6.02. The predicted octanol–water partition coefficient (Wildman–Crippen LogP) is 3.52. The fourth-order valence-electron chi connectivity index (χ4n) is 1.63. The van der Waals surface area contributed by atoms with Gasteiger partial charge in [-0.1, -0.05) is 6.92 Å². The number of aromatic nitrogens is 3. The Morgan fingerprint density at radius 1 is 1.24 bits per heavy atom. The van der Waals surface area contributed by atoms with E-state index in [-0.39, 0.29) is 17.2 Å². The summed E-state index contributed by atoms with van der Waals surface area (Å²) < 4.78 is 52.2. The van der Waals surface area contributed by atoms with Crippen molar-refractivity contribution in [2.75, 3.05) is 11.9 Å². The quantitative estimate of drug-likeness (QED) is 0.878. The topological polar surface area (TPSA) is 50.7 Å². The van der Waals surface area contributed by atoms with Crippen molar-refractivity contribution in [2.24, 2.45) is 0 Å². The number of halogens is 4. The Labute approximate surface area is 118 Å². The molecule has 2 rings (SSSR count). The van der Waals surface area contributed by atoms with Crippen LogP contribution in [0.4, 0.5) is 23.5 Å². The molecule has 21 heavy (non-hydrogen) atoms. The van der Waals surface area contributed by atoms with E-state index in [1.54, 1.807) is 0 Å². The maximum absolute atomic E-state index is 13.7. The van der Waals surface area contributed by atoms with Crippen LogP contribution in [0.1, 0.15) is 19.0 Å². The zero-order valence-electron chi connectivity index (χ0n) is 11.1. The number of hydrogen-bond donors (Lipinski definition) is 1. The van der Waals surface area contributed by atoms with Gasteiger partial charge in [0.05, 0.1) is 11.9 Å². The Bertz CT molecular complexity index is 628. The van der Waals surface area contributed by atoms with Crippen molar-refractivity contribution in [3.8, 4) is 11.3 Å². The van der Waals surface area contributed by atoms with Crippen LogP contribution in [0, 0.1) is 5.82 Å². The fraction of sp³-hybridized carbons (Fsp3) is 0.308. The van der Waals surface area contributed by atoms with Crippen LogP contribution >= 0.6 is 0 Å². The van der Waals surface area contributed by atoms with E-state index in [1.165, 1.54) is 12.3 Å². The Kier molecular flexibility index (Phi) is 4.35. The van der Waals surface area contributed by atoms with Gasteiger partial charge in [0.15, 0.2) is 11.5 Å². The SMILES string of the molecule is CCCNc1nc(-c2ccncc2F)cc(C(F)(F)F)n1. The van der Waals surface area contributed by atoms with Gasteiger partial charge in [0, 0.05) is 18.3 Å². The minimum atomic E-state index is -4.64. The number of anilines is 1. The molecule has 0 bridgehead atoms. The first-order valence-electron chi connectivity index (χ1n) is 6.22. The zero-order valence-corrected chi connectivity index (χ0v) is 11.1. The molecule has 2 aromatic heterocycles. The molecule has 0 atom stereocenters. The number of rotatable bonds is 4. The second-order valence-electron chi connectivity index (χ2n) is 4.24. The van der Waals surface area contributed by atoms with E-state index >= 15 is 0 Å². The first-order chi connectivity index (χ1) is 9.91. The van der Waals surface area contributed by atoms with Crippen LogP contribution in [0.3, 0.4) is 0 Å². The van der Waals surface area contributed by atoms with Gasteiger partial charge in [-0.3, -0.25) is 4.98 Å². The molecule has 0 radical (unpaired) electrons. The smallest absolute Gasteiger partial charge is 0.354 e. The summed E-state index contributed by atoms with van der Waals surface area (Å²) in [7, 11) is 0. The lowest BCUT2D eigenvalue weighted by atomic mass is 10.1. The zero-order chi connectivity index (χ0) is 15.5. The molecule has 0 aliphatic heterocycles. The predicted molar refractivity (Wildman–Crippen MR) is 69.0 cm³/mol. The van der Waals surface area contributed by atoms with Crippen molar-refractivity contribution >= 4 is 5.95 Å². The largest absolute Gasteiger partial charge is 0.433 e. The molecule has 1 N–H and O–H groups in total. The number of nitrogens with one attached hydrogen (secondary N) is 1. The summed E-state index contributed by atoms with van der Waals surface area (Å²) in [6, 6.07) is 1.98. The molecule has 0 aromatic carbocycles. The maximum atomic E-state index is 13.7. The molecule has 4 nitrogen and oxygen atoms in total. The lowest BCUT2D eigenvalue weighted by molar-refractivity contribution is -0.141. The third kappa shape index (κ3) is 3.65. The summed E-state index contributed by atoms with van der Waals surface area (Å²) in [6.45, 7) is 2.27. The highest BCUT2D eigenvalue weighted by molar-refractivity contribution is 5.61. The van der Waals surface area contributed by atoms with Crippen molar-refractivity contribution in [1.29, 1.82) is 0 Å². The van der Waals surface area contributed by atoms with Crippen LogP contribution in [0.2, 0.25) is 0 Å². The van der Waals surface area contributed by atoms with Gasteiger partial charge in [-0.2, -0.15) is 13.2 Å². The number of alkyl halides is 3. The summed E-state index contributed by atoms with van der Waals surface area (Å²) in [5.74, 6) is -0.927. The van der Waals surface area contributed by atoms with E-state index in [1.807, 2.05) is 6.92 Å². The minimum absolute atomic E-state index is 0.0579. The standard InChI is InChI=1S/C13H12F4N4/c1-2-4-19-12-20-10(6-11(21-12)13(15,16)17)8-3-5-18-7-9(8)14/h3,5-7H,2,4H2,1H3,(H,19,20,21). The Balaban J connectivity index is 2.52.